The Kier molecular flexibility index (Phi) is 3.62. The van der Waals surface area contributed by atoms with Crippen molar-refractivity contribution in [3.8, 4) is 0 Å². The highest BCUT2D eigenvalue weighted by molar-refractivity contribution is 5.33. The van der Waals surface area contributed by atoms with Gasteiger partial charge in [0.05, 0.1) is 0 Å². The summed E-state index contributed by atoms with van der Waals surface area (Å²) in [5.74, 6) is 1.34. The van der Waals surface area contributed by atoms with E-state index in [4.69, 9.17) is 0 Å². The topological polar surface area (TPSA) is 32.3 Å². The minimum absolute atomic E-state index is 0.458. The molecule has 4 heteroatoms. The van der Waals surface area contributed by atoms with E-state index < -0.39 is 0 Å². The van der Waals surface area contributed by atoms with E-state index in [1.165, 1.54) is 0 Å². The van der Waals surface area contributed by atoms with Crippen molar-refractivity contribution in [3.05, 3.63) is 18.0 Å². The molecule has 0 aliphatic carbocycles. The molecule has 0 unspecified atom stereocenters. The molecule has 1 fully saturated rings. The van der Waals surface area contributed by atoms with Crippen LogP contribution in [0.4, 0.5) is 5.95 Å². The first-order chi connectivity index (χ1) is 8.08. The molecule has 0 radical (unpaired) electrons. The van der Waals surface area contributed by atoms with Crippen LogP contribution in [0.15, 0.2) is 12.3 Å². The normalized spacial score (nSPS) is 22.2. The van der Waals surface area contributed by atoms with Crippen LogP contribution >= 0.6 is 0 Å². The van der Waals surface area contributed by atoms with E-state index in [0.717, 1.165) is 31.3 Å². The molecular formula is C13H22N4. The molecule has 0 bridgehead atoms. The van der Waals surface area contributed by atoms with E-state index in [1.807, 2.05) is 12.3 Å². The summed E-state index contributed by atoms with van der Waals surface area (Å²) in [4.78, 5) is 13.8. The number of likely N-dealkylation sites (N-methyl/N-ethyl adjacent to an activating group) is 1. The summed E-state index contributed by atoms with van der Waals surface area (Å²) in [5, 5.41) is 0. The van der Waals surface area contributed by atoms with Crippen LogP contribution in [0.3, 0.4) is 0 Å². The predicted molar refractivity (Wildman–Crippen MR) is 70.4 cm³/mol. The van der Waals surface area contributed by atoms with Crippen molar-refractivity contribution >= 4 is 5.95 Å². The van der Waals surface area contributed by atoms with Gasteiger partial charge in [0.2, 0.25) is 5.95 Å². The lowest BCUT2D eigenvalue weighted by molar-refractivity contribution is 0.273. The Labute approximate surface area is 104 Å². The first-order valence-corrected chi connectivity index (χ1v) is 6.36. The molecule has 94 valence electrons. The molecule has 0 saturated carbocycles. The van der Waals surface area contributed by atoms with Gasteiger partial charge in [0.15, 0.2) is 0 Å². The minimum atomic E-state index is 0.458. The second kappa shape index (κ2) is 5.00. The van der Waals surface area contributed by atoms with Crippen molar-refractivity contribution in [2.75, 3.05) is 31.6 Å². The molecule has 0 N–H and O–H groups in total. The fourth-order valence-corrected chi connectivity index (χ4v) is 2.26. The quantitative estimate of drug-likeness (QED) is 0.780. The third-order valence-corrected chi connectivity index (χ3v) is 3.34. The maximum atomic E-state index is 4.67. The second-order valence-electron chi connectivity index (χ2n) is 5.24. The van der Waals surface area contributed by atoms with Gasteiger partial charge in [0.1, 0.15) is 0 Å². The highest BCUT2D eigenvalue weighted by Crippen LogP contribution is 2.18. The van der Waals surface area contributed by atoms with Crippen LogP contribution < -0.4 is 4.90 Å². The van der Waals surface area contributed by atoms with Crippen LogP contribution in [0, 0.1) is 0 Å². The molecule has 1 aromatic heterocycles. The Balaban J connectivity index is 2.19. The molecule has 4 nitrogen and oxygen atoms in total. The van der Waals surface area contributed by atoms with Crippen LogP contribution in [0.5, 0.6) is 0 Å². The van der Waals surface area contributed by atoms with E-state index >= 15 is 0 Å². The summed E-state index contributed by atoms with van der Waals surface area (Å²) in [6.45, 7) is 9.74. The lowest BCUT2D eigenvalue weighted by atomic mass is 10.1. The van der Waals surface area contributed by atoms with Crippen LogP contribution in [0.2, 0.25) is 0 Å². The summed E-state index contributed by atoms with van der Waals surface area (Å²) < 4.78 is 0. The Bertz CT molecular complexity index is 377. The number of piperazine rings is 1. The number of aromatic nitrogens is 2. The molecule has 2 rings (SSSR count). The summed E-state index contributed by atoms with van der Waals surface area (Å²) in [7, 11) is 2.17. The molecule has 0 amide bonds. The Morgan fingerprint density at radius 1 is 1.35 bits per heavy atom. The molecule has 1 aliphatic heterocycles. The number of hydrogen-bond donors (Lipinski definition) is 0. The molecular weight excluding hydrogens is 212 g/mol. The zero-order valence-corrected chi connectivity index (χ0v) is 11.2. The first kappa shape index (κ1) is 12.3. The monoisotopic (exact) mass is 234 g/mol. The molecule has 1 aliphatic rings. The van der Waals surface area contributed by atoms with Crippen LogP contribution in [-0.2, 0) is 0 Å². The van der Waals surface area contributed by atoms with Gasteiger partial charge in [-0.05, 0) is 26.0 Å². The molecule has 1 saturated heterocycles. The van der Waals surface area contributed by atoms with Crippen LogP contribution in [0.25, 0.3) is 0 Å². The second-order valence-corrected chi connectivity index (χ2v) is 5.24. The number of anilines is 1. The standard InChI is InChI=1S/C13H22N4/c1-10(2)12-5-6-14-13(15-12)17-8-7-16(4)9-11(17)3/h5-6,10-11H,7-9H2,1-4H3/t11-/m0/s1. The van der Waals surface area contributed by atoms with Crippen molar-refractivity contribution in [1.82, 2.24) is 14.9 Å². The van der Waals surface area contributed by atoms with E-state index in [2.05, 4.69) is 47.6 Å². The highest BCUT2D eigenvalue weighted by Gasteiger charge is 2.23. The Morgan fingerprint density at radius 2 is 2.12 bits per heavy atom. The van der Waals surface area contributed by atoms with Gasteiger partial charge in [-0.15, -0.1) is 0 Å². The van der Waals surface area contributed by atoms with E-state index in [-0.39, 0.29) is 0 Å². The summed E-state index contributed by atoms with van der Waals surface area (Å²) in [5.41, 5.74) is 1.13. The largest absolute Gasteiger partial charge is 0.336 e. The number of nitrogens with zero attached hydrogens (tertiary/aromatic N) is 4. The average Bonchev–Trinajstić information content (AvgIpc) is 2.29. The van der Waals surface area contributed by atoms with Crippen LogP contribution in [-0.4, -0.2) is 47.6 Å². The summed E-state index contributed by atoms with van der Waals surface area (Å²) in [6.07, 6.45) is 1.88. The van der Waals surface area contributed by atoms with Gasteiger partial charge in [-0.1, -0.05) is 13.8 Å². The van der Waals surface area contributed by atoms with E-state index in [1.54, 1.807) is 0 Å². The van der Waals surface area contributed by atoms with Crippen molar-refractivity contribution in [2.24, 2.45) is 0 Å². The van der Waals surface area contributed by atoms with Crippen molar-refractivity contribution in [3.63, 3.8) is 0 Å². The van der Waals surface area contributed by atoms with Gasteiger partial charge in [-0.2, -0.15) is 0 Å². The third-order valence-electron chi connectivity index (χ3n) is 3.34. The zero-order valence-electron chi connectivity index (χ0n) is 11.2. The van der Waals surface area contributed by atoms with Gasteiger partial charge in [-0.25, -0.2) is 9.97 Å². The van der Waals surface area contributed by atoms with Gasteiger partial charge < -0.3 is 9.80 Å². The SMILES string of the molecule is CC(C)c1ccnc(N2CCN(C)C[C@@H]2C)n1. The Hall–Kier alpha value is -1.16. The van der Waals surface area contributed by atoms with E-state index in [9.17, 15) is 0 Å². The van der Waals surface area contributed by atoms with E-state index in [0.29, 0.717) is 12.0 Å². The lowest BCUT2D eigenvalue weighted by Crippen LogP contribution is -2.51. The maximum absolute atomic E-state index is 4.67. The smallest absolute Gasteiger partial charge is 0.225 e. The molecule has 0 aromatic carbocycles. The van der Waals surface area contributed by atoms with Crippen molar-refractivity contribution < 1.29 is 0 Å². The molecule has 1 aromatic rings. The summed E-state index contributed by atoms with van der Waals surface area (Å²) >= 11 is 0. The van der Waals surface area contributed by atoms with Crippen molar-refractivity contribution in [2.45, 2.75) is 32.7 Å². The minimum Gasteiger partial charge on any atom is -0.336 e. The van der Waals surface area contributed by atoms with Gasteiger partial charge >= 0.3 is 0 Å². The summed E-state index contributed by atoms with van der Waals surface area (Å²) in [6, 6.07) is 2.49. The third kappa shape index (κ3) is 2.75. The lowest BCUT2D eigenvalue weighted by Gasteiger charge is -2.38. The molecule has 17 heavy (non-hydrogen) atoms. The van der Waals surface area contributed by atoms with Gasteiger partial charge in [-0.3, -0.25) is 0 Å². The maximum Gasteiger partial charge on any atom is 0.225 e. The van der Waals surface area contributed by atoms with Crippen molar-refractivity contribution in [1.29, 1.82) is 0 Å². The fraction of sp³-hybridized carbons (Fsp3) is 0.692. The van der Waals surface area contributed by atoms with Crippen LogP contribution in [0.1, 0.15) is 32.4 Å². The van der Waals surface area contributed by atoms with Gasteiger partial charge in [0.25, 0.3) is 0 Å². The molecule has 0 spiro atoms. The number of hydrogen-bond acceptors (Lipinski definition) is 4. The average molecular weight is 234 g/mol. The highest BCUT2D eigenvalue weighted by atomic mass is 15.3. The zero-order chi connectivity index (χ0) is 12.4. The number of rotatable bonds is 2. The Morgan fingerprint density at radius 3 is 2.76 bits per heavy atom. The molecule has 2 heterocycles. The van der Waals surface area contributed by atoms with Gasteiger partial charge in [0, 0.05) is 37.6 Å². The fourth-order valence-electron chi connectivity index (χ4n) is 2.26. The molecule has 1 atom stereocenters. The first-order valence-electron chi connectivity index (χ1n) is 6.36. The predicted octanol–water partition coefficient (Wildman–Crippen LogP) is 1.74.